The molecule has 0 aliphatic carbocycles. The third-order valence-corrected chi connectivity index (χ3v) is 10.2. The number of aldehydes is 1. The molecule has 1 aliphatic rings. The fraction of sp³-hybridized carbons (Fsp3) is 0.378. The van der Waals surface area contributed by atoms with Gasteiger partial charge in [0.15, 0.2) is 23.0 Å². The fourth-order valence-corrected chi connectivity index (χ4v) is 7.09. The normalized spacial score (nSPS) is 14.6. The van der Waals surface area contributed by atoms with Gasteiger partial charge in [-0.15, -0.1) is 0 Å². The zero-order chi connectivity index (χ0) is 42.4. The molecule has 314 valence electrons. The largest absolute Gasteiger partial charge is 0.497 e. The maximum atomic E-state index is 13.5. The third kappa shape index (κ3) is 10.4. The van der Waals surface area contributed by atoms with Gasteiger partial charge in [0, 0.05) is 23.1 Å². The van der Waals surface area contributed by atoms with Gasteiger partial charge in [0.25, 0.3) is 5.79 Å². The maximum Gasteiger partial charge on any atom is 0.342 e. The molecule has 2 heterocycles. The van der Waals surface area contributed by atoms with Gasteiger partial charge in [-0.1, -0.05) is 45.6 Å². The van der Waals surface area contributed by atoms with Gasteiger partial charge < -0.3 is 43.0 Å². The van der Waals surface area contributed by atoms with Crippen molar-refractivity contribution in [1.82, 2.24) is 8.75 Å². The molecular formula is C45H52N2O11S. The number of esters is 1. The number of hydrogen-bond donors (Lipinski definition) is 1. The number of methoxy groups -OCH3 is 5. The Bertz CT molecular complexity index is 2170. The second kappa shape index (κ2) is 21.2. The number of unbranched alkanes of at least 4 members (excludes halogenated alkanes) is 4. The topological polar surface area (TPSA) is 154 Å². The van der Waals surface area contributed by atoms with Crippen LogP contribution in [0.25, 0.3) is 16.6 Å². The highest BCUT2D eigenvalue weighted by atomic mass is 32.1. The van der Waals surface area contributed by atoms with Crippen molar-refractivity contribution in [1.29, 1.82) is 0 Å². The summed E-state index contributed by atoms with van der Waals surface area (Å²) in [6.07, 6.45) is 7.20. The summed E-state index contributed by atoms with van der Waals surface area (Å²) in [5.41, 5.74) is 4.21. The summed E-state index contributed by atoms with van der Waals surface area (Å²) in [5.74, 6) is 1.03. The predicted octanol–water partition coefficient (Wildman–Crippen LogP) is 8.77. The summed E-state index contributed by atoms with van der Waals surface area (Å²) in [5, 5.41) is 12.0. The summed E-state index contributed by atoms with van der Waals surface area (Å²) in [6, 6.07) is 19.1. The number of carbonyl (C=O) groups is 2. The smallest absolute Gasteiger partial charge is 0.342 e. The molecule has 59 heavy (non-hydrogen) atoms. The van der Waals surface area contributed by atoms with Crippen LogP contribution in [0.15, 0.2) is 72.3 Å². The average Bonchev–Trinajstić information content (AvgIpc) is 3.84. The monoisotopic (exact) mass is 828 g/mol. The van der Waals surface area contributed by atoms with Gasteiger partial charge in [-0.05, 0) is 84.6 Å². The second-order valence-corrected chi connectivity index (χ2v) is 14.1. The number of fused-ring (bicyclic) bond motifs is 1. The molecule has 1 atom stereocenters. The van der Waals surface area contributed by atoms with Crippen LogP contribution < -0.4 is 33.2 Å². The van der Waals surface area contributed by atoms with Crippen LogP contribution in [0.2, 0.25) is 0 Å². The van der Waals surface area contributed by atoms with Crippen LogP contribution in [-0.4, -0.2) is 74.9 Å². The number of carbonyl (C=O) groups excluding carboxylic acids is 2. The first kappa shape index (κ1) is 44.2. The Hall–Kier alpha value is -5.86. The first-order valence-electron chi connectivity index (χ1n) is 19.5. The quantitative estimate of drug-likeness (QED) is 0.0452. The number of aromatic nitrogens is 2. The van der Waals surface area contributed by atoms with E-state index in [0.29, 0.717) is 81.2 Å². The van der Waals surface area contributed by atoms with Crippen LogP contribution in [0.1, 0.15) is 79.4 Å². The van der Waals surface area contributed by atoms with Crippen molar-refractivity contribution < 1.29 is 52.6 Å². The summed E-state index contributed by atoms with van der Waals surface area (Å²) in [6.45, 7) is 5.42. The Morgan fingerprint density at radius 3 is 1.75 bits per heavy atom. The van der Waals surface area contributed by atoms with Gasteiger partial charge in [-0.25, -0.2) is 4.79 Å². The molecule has 0 bridgehead atoms. The van der Waals surface area contributed by atoms with Crippen LogP contribution in [0.3, 0.4) is 0 Å². The molecule has 0 amide bonds. The Morgan fingerprint density at radius 2 is 1.24 bits per heavy atom. The minimum atomic E-state index is -2.02. The highest BCUT2D eigenvalue weighted by molar-refractivity contribution is 7.00. The average molecular weight is 829 g/mol. The second-order valence-electron chi connectivity index (χ2n) is 13.6. The zero-order valence-corrected chi connectivity index (χ0v) is 35.4. The highest BCUT2D eigenvalue weighted by Gasteiger charge is 2.48. The standard InChI is InChI=1S/C31H32N2O7S.C14H20O4/c1-5-6-7-14-39-29-26(37-3)16-19(17-27(29)38-4)15-23-28(20-8-13-24-25(18-20)33-41-32-24)30(34)40-31(23,35)21-9-11-22(36-2)12-10-21;1-4-5-6-7-18-14-12(16-2)8-11(10-15)9-13(14)17-3/h8-13,16-18,35H,5-7,14-15H2,1-4H3;8-10H,4-7H2,1-3H3. The number of hydrogen-bond acceptors (Lipinski definition) is 14. The van der Waals surface area contributed by atoms with E-state index >= 15 is 0 Å². The summed E-state index contributed by atoms with van der Waals surface area (Å²) >= 11 is 1.09. The fourth-order valence-electron chi connectivity index (χ4n) is 6.57. The minimum absolute atomic E-state index is 0.153. The van der Waals surface area contributed by atoms with E-state index < -0.39 is 11.8 Å². The Labute approximate surface area is 349 Å². The Morgan fingerprint density at radius 1 is 0.695 bits per heavy atom. The minimum Gasteiger partial charge on any atom is -0.497 e. The van der Waals surface area contributed by atoms with Gasteiger partial charge in [-0.2, -0.15) is 8.75 Å². The van der Waals surface area contributed by atoms with Crippen LogP contribution in [-0.2, 0) is 21.7 Å². The third-order valence-electron chi connectivity index (χ3n) is 9.69. The Kier molecular flexibility index (Phi) is 15.9. The molecule has 0 saturated heterocycles. The SMILES string of the molecule is CCCCCOc1c(OC)cc(C=O)cc1OC.CCCCCOc1c(OC)cc(CC2=C(c3ccc4nsnc4c3)C(=O)OC2(O)c2ccc(OC)cc2)cc1OC. The number of aliphatic hydroxyl groups is 1. The van der Waals surface area contributed by atoms with Crippen molar-refractivity contribution in [3.63, 3.8) is 0 Å². The molecular weight excluding hydrogens is 777 g/mol. The summed E-state index contributed by atoms with van der Waals surface area (Å²) in [4.78, 5) is 24.3. The van der Waals surface area contributed by atoms with Gasteiger partial charge in [0.2, 0.25) is 11.5 Å². The maximum absolute atomic E-state index is 13.5. The van der Waals surface area contributed by atoms with Gasteiger partial charge in [0.05, 0.1) is 66.1 Å². The zero-order valence-electron chi connectivity index (χ0n) is 34.6. The lowest BCUT2D eigenvalue weighted by atomic mass is 9.88. The number of rotatable bonds is 20. The van der Waals surface area contributed by atoms with E-state index in [1.165, 1.54) is 0 Å². The molecule has 4 aromatic carbocycles. The van der Waals surface area contributed by atoms with Gasteiger partial charge in [-0.3, -0.25) is 4.79 Å². The van der Waals surface area contributed by atoms with E-state index in [1.807, 2.05) is 12.1 Å². The molecule has 6 rings (SSSR count). The lowest BCUT2D eigenvalue weighted by Gasteiger charge is -2.26. The first-order valence-corrected chi connectivity index (χ1v) is 20.2. The number of benzene rings is 4. The van der Waals surface area contributed by atoms with E-state index in [-0.39, 0.29) is 12.0 Å². The van der Waals surface area contributed by atoms with E-state index in [2.05, 4.69) is 22.6 Å². The molecule has 1 N–H and O–H groups in total. The number of nitrogens with zero attached hydrogens (tertiary/aromatic N) is 2. The van der Waals surface area contributed by atoms with Crippen LogP contribution in [0.5, 0.6) is 40.2 Å². The molecule has 0 saturated carbocycles. The molecule has 0 radical (unpaired) electrons. The Balaban J connectivity index is 0.000000309. The van der Waals surface area contributed by atoms with E-state index in [4.69, 9.17) is 37.9 Å². The van der Waals surface area contributed by atoms with Crippen LogP contribution in [0.4, 0.5) is 0 Å². The van der Waals surface area contributed by atoms with Crippen molar-refractivity contribution in [3.8, 4) is 40.2 Å². The summed E-state index contributed by atoms with van der Waals surface area (Å²) < 4.78 is 53.1. The molecule has 1 aromatic heterocycles. The molecule has 1 unspecified atom stereocenters. The predicted molar refractivity (Wildman–Crippen MR) is 226 cm³/mol. The van der Waals surface area contributed by atoms with Crippen molar-refractivity contribution in [3.05, 3.63) is 94.6 Å². The number of ether oxygens (including phenoxy) is 8. The summed E-state index contributed by atoms with van der Waals surface area (Å²) in [7, 11) is 7.78. The molecule has 1 aliphatic heterocycles. The van der Waals surface area contributed by atoms with Crippen molar-refractivity contribution in [2.75, 3.05) is 48.8 Å². The molecule has 0 fully saturated rings. The van der Waals surface area contributed by atoms with Gasteiger partial charge >= 0.3 is 5.97 Å². The molecule has 0 spiro atoms. The lowest BCUT2D eigenvalue weighted by Crippen LogP contribution is -2.29. The van der Waals surface area contributed by atoms with Crippen LogP contribution in [0, 0.1) is 0 Å². The van der Waals surface area contributed by atoms with Crippen molar-refractivity contribution in [2.45, 2.75) is 64.6 Å². The lowest BCUT2D eigenvalue weighted by molar-refractivity contribution is -0.185. The first-order chi connectivity index (χ1) is 28.7. The molecule has 13 nitrogen and oxygen atoms in total. The van der Waals surface area contributed by atoms with Crippen molar-refractivity contribution >= 4 is 40.6 Å². The molecule has 5 aromatic rings. The van der Waals surface area contributed by atoms with E-state index in [0.717, 1.165) is 67.6 Å². The number of cyclic esters (lactones) is 1. The van der Waals surface area contributed by atoms with E-state index in [1.54, 1.807) is 90.1 Å². The van der Waals surface area contributed by atoms with Crippen molar-refractivity contribution in [2.24, 2.45) is 0 Å². The van der Waals surface area contributed by atoms with Gasteiger partial charge in [0.1, 0.15) is 23.1 Å². The highest BCUT2D eigenvalue weighted by Crippen LogP contribution is 2.47. The van der Waals surface area contributed by atoms with E-state index in [9.17, 15) is 14.7 Å². The van der Waals surface area contributed by atoms with Crippen LogP contribution >= 0.6 is 11.7 Å². The molecule has 14 heteroatoms.